The van der Waals surface area contributed by atoms with Crippen LogP contribution in [0.25, 0.3) is 0 Å². The van der Waals surface area contributed by atoms with Gasteiger partial charge in [-0.2, -0.15) is 8.61 Å². The van der Waals surface area contributed by atoms with Crippen molar-refractivity contribution >= 4 is 106 Å². The van der Waals surface area contributed by atoms with Crippen molar-refractivity contribution in [3.8, 4) is 0 Å². The van der Waals surface area contributed by atoms with Crippen LogP contribution in [-0.4, -0.2) is 312 Å². The first-order chi connectivity index (χ1) is 57.7. The number of sulfone groups is 3. The molecule has 1 amide bonds. The molecule has 1 aromatic carbocycles. The highest BCUT2D eigenvalue weighted by atomic mass is 32.2. The number of benzene rings is 1. The van der Waals surface area contributed by atoms with Crippen LogP contribution in [0.2, 0.25) is 0 Å². The van der Waals surface area contributed by atoms with Gasteiger partial charge >= 0.3 is 0 Å². The van der Waals surface area contributed by atoms with E-state index in [4.69, 9.17) is 10.2 Å². The molecule has 4 heterocycles. The summed E-state index contributed by atoms with van der Waals surface area (Å²) in [6, 6.07) is 19.3. The predicted molar refractivity (Wildman–Crippen MR) is 525 cm³/mol. The van der Waals surface area contributed by atoms with Gasteiger partial charge in [0.25, 0.3) is 0 Å². The number of aromatic nitrogens is 2. The van der Waals surface area contributed by atoms with Gasteiger partial charge in [0.1, 0.15) is 9.84 Å². The third-order valence-electron chi connectivity index (χ3n) is 19.1. The lowest BCUT2D eigenvalue weighted by Crippen LogP contribution is -2.41. The zero-order chi connectivity index (χ0) is 102. The minimum atomic E-state index is -3.19. The van der Waals surface area contributed by atoms with Gasteiger partial charge in [-0.15, -0.1) is 0 Å². The zero-order valence-corrected chi connectivity index (χ0v) is 92.0. The van der Waals surface area contributed by atoms with Crippen LogP contribution in [0.15, 0.2) is 89.0 Å². The van der Waals surface area contributed by atoms with Gasteiger partial charge in [-0.25, -0.2) is 111 Å². The number of nitrogens with one attached hydrogen (secondary N) is 1. The number of pyridine rings is 2. The molecule has 0 bridgehead atoms. The highest BCUT2D eigenvalue weighted by molar-refractivity contribution is 7.93. The van der Waals surface area contributed by atoms with E-state index in [1.807, 2.05) is 91.6 Å². The smallest absolute Gasteiger partial charge is 0.225 e. The molecule has 1 saturated carbocycles. The molecular weight excluding hydrogens is 1840 g/mol. The summed E-state index contributed by atoms with van der Waals surface area (Å²) in [5.74, 6) is 0.941. The molecule has 2 aromatic heterocycles. The fourth-order valence-corrected chi connectivity index (χ4v) is 19.6. The van der Waals surface area contributed by atoms with Crippen molar-refractivity contribution in [2.75, 3.05) is 101 Å². The number of nitrogens with zero attached hydrogens (tertiary/aromatic N) is 9. The first kappa shape index (κ1) is 136. The third kappa shape index (κ3) is 52.0. The lowest BCUT2D eigenvalue weighted by molar-refractivity contribution is -0.134. The second-order valence-electron chi connectivity index (χ2n) is 32.7. The number of hydrogen-bond donors (Lipinski definition) is 3. The van der Waals surface area contributed by atoms with Crippen molar-refractivity contribution in [1.29, 1.82) is 0 Å². The molecule has 2 aliphatic heterocycles. The second kappa shape index (κ2) is 65.7. The number of amides is 1. The maximum absolute atomic E-state index is 11.7. The number of aliphatic hydroxyl groups is 2. The zero-order valence-electron chi connectivity index (χ0n) is 83.8. The van der Waals surface area contributed by atoms with E-state index in [9.17, 15) is 89.0 Å². The fraction of sp³-hybridized carbons (Fsp3) is 0.798. The van der Waals surface area contributed by atoms with E-state index in [0.717, 1.165) is 57.3 Å². The van der Waals surface area contributed by atoms with E-state index in [0.29, 0.717) is 49.6 Å². The molecule has 3 N–H and O–H groups in total. The number of sulfonamides is 7. The number of rotatable bonds is 29. The molecule has 33 nitrogen and oxygen atoms in total. The summed E-state index contributed by atoms with van der Waals surface area (Å²) in [6.07, 6.45) is 9.88. The van der Waals surface area contributed by atoms with Crippen LogP contribution in [0.3, 0.4) is 0 Å². The van der Waals surface area contributed by atoms with E-state index in [1.165, 1.54) is 65.5 Å². The summed E-state index contributed by atoms with van der Waals surface area (Å²) in [5.41, 5.74) is 1.16. The molecular formula is C84H172N10O23S10. The van der Waals surface area contributed by atoms with E-state index in [2.05, 4.69) is 28.5 Å². The normalized spacial score (nSPS) is 15.3. The van der Waals surface area contributed by atoms with Crippen LogP contribution in [0.5, 0.6) is 0 Å². The molecule has 756 valence electrons. The van der Waals surface area contributed by atoms with Crippen molar-refractivity contribution in [3.63, 3.8) is 0 Å². The molecule has 2 saturated heterocycles. The van der Waals surface area contributed by atoms with Crippen LogP contribution in [0, 0.1) is 5.92 Å². The monoisotopic (exact) mass is 2010 g/mol. The molecule has 3 fully saturated rings. The van der Waals surface area contributed by atoms with Gasteiger partial charge in [-0.05, 0) is 240 Å². The topological polar surface area (TPSA) is 459 Å². The Kier molecular flexibility index (Phi) is 70.5. The van der Waals surface area contributed by atoms with Crippen LogP contribution < -0.4 is 4.72 Å². The summed E-state index contributed by atoms with van der Waals surface area (Å²) in [5, 5.41) is 14.8. The van der Waals surface area contributed by atoms with Gasteiger partial charge in [0.15, 0.2) is 24.7 Å². The molecule has 43 heteroatoms. The Morgan fingerprint density at radius 2 is 0.780 bits per heavy atom. The van der Waals surface area contributed by atoms with E-state index in [-0.39, 0.29) is 89.4 Å². The highest BCUT2D eigenvalue weighted by Gasteiger charge is 2.38. The van der Waals surface area contributed by atoms with Gasteiger partial charge < -0.3 is 15.1 Å². The van der Waals surface area contributed by atoms with Gasteiger partial charge in [-0.1, -0.05) is 92.6 Å². The average Bonchev–Trinajstić information content (AvgIpc) is 1.70. The Labute approximate surface area is 775 Å². The molecule has 3 aliphatic rings. The van der Waals surface area contributed by atoms with Crippen LogP contribution in [-0.2, 0) is 104 Å². The summed E-state index contributed by atoms with van der Waals surface area (Å²) in [4.78, 5) is 21.4. The van der Waals surface area contributed by atoms with Gasteiger partial charge in [0.2, 0.25) is 76.1 Å². The number of carbonyl (C=O) groups excluding carboxylic acids is 1. The molecule has 127 heavy (non-hydrogen) atoms. The average molecular weight is 2010 g/mol. The Balaban J connectivity index is -0.000000248. The summed E-state index contributed by atoms with van der Waals surface area (Å²) in [7, 11) is -22.5. The van der Waals surface area contributed by atoms with Crippen molar-refractivity contribution in [2.24, 2.45) is 5.92 Å². The molecule has 0 spiro atoms. The number of carbonyl (C=O) groups is 1. The van der Waals surface area contributed by atoms with Crippen LogP contribution in [0.4, 0.5) is 0 Å². The number of hydrogen-bond acceptors (Lipinski definition) is 25. The molecule has 3 aromatic rings. The third-order valence-corrected chi connectivity index (χ3v) is 40.7. The summed E-state index contributed by atoms with van der Waals surface area (Å²) in [6.45, 7) is 59.4. The van der Waals surface area contributed by atoms with Gasteiger partial charge in [-0.3, -0.25) is 9.78 Å². The SMILES string of the molecule is CC.CC(C)S(=O)(=O)N(C)C.CC(C)S(=O)(=O)N(C)C1CC1.CC(C)S(=O)(=O)N1CCC[C@@H]1CO.CC(C)S(=O)(=O)N1CCC[C@H]1CO.CC(C)S(=O)(=O)c1ccccc1.CC(C)S(=O)(=O)c1ccccn1.CC(C)S(C)(=O)=O.CC(C)c1ccccn1.CCN(C)S(=O)(=O)C(C)C.CCN(CC)C(=O)C(C)C.CCN(CC)S(=O)(=O)C(C)C.CNS(=O)(=O)C(C)C. The minimum absolute atomic E-state index is 0.0635. The van der Waals surface area contributed by atoms with Gasteiger partial charge in [0.05, 0.1) is 70.6 Å². The van der Waals surface area contributed by atoms with Gasteiger partial charge in [0, 0.05) is 122 Å². The standard InChI is InChI=1S/C9H12O2S.2C8H17NO3S.C8H11NO2S.C8H17NO.C8H11N.C7H15NO2S.C7H17NO2S.C6H15NO2S.C5H13NO2S.C4H11NO2S.C4H10O2S.C2H6/c1-8(2)12(10,11)9-6-4-3-5-7-9;2*1-7(2)13(11,12)9-5-3-4-8(9)6-10;1-7(2)12(10,11)8-5-3-4-6-9-8;1-5-9(6-2)8(10)7(3)4;1-7(2)8-5-3-4-6-9-8;1-6(2)11(9,10)8(3)7-4-5-7;1-5-8(6-2)11(9,10)7(3)4;1-5-7(4)10(8,9)6(2)3;1-5(2)9(7,8)6(3)4;1-4(2)8(6,7)5-3;1-4(2)7(3,5)6;1-2/h3-8H,1-2H3;2*7-8,10H,3-6H2,1-2H3;3-7H,1-2H3;7H,5-6H2,1-4H3;3-7H,1-2H3;6-7H,4-5H2,1-3H3;7H,5-6H2,1-4H3;6H,5H2,1-4H3;5H,1-4H3;4-5H,1-3H3;4H,1-3H3;1-2H3/t;2*8-;;;;;;;;;;/m.10........../s1. The lowest BCUT2D eigenvalue weighted by Gasteiger charge is -2.24. The molecule has 6 rings (SSSR count). The fourth-order valence-electron chi connectivity index (χ4n) is 9.51. The Hall–Kier alpha value is -3.87. The van der Waals surface area contributed by atoms with Crippen molar-refractivity contribution in [1.82, 2.24) is 45.4 Å². The first-order valence-corrected chi connectivity index (χ1v) is 59.1. The highest BCUT2D eigenvalue weighted by Crippen LogP contribution is 2.29. The maximum Gasteiger partial charge on any atom is 0.225 e. The summed E-state index contributed by atoms with van der Waals surface area (Å²) < 4.78 is 235. The largest absolute Gasteiger partial charge is 0.395 e. The lowest BCUT2D eigenvalue weighted by atomic mass is 10.1. The molecule has 0 unspecified atom stereocenters. The number of aliphatic hydroxyl groups excluding tert-OH is 2. The Morgan fingerprint density at radius 3 is 0.969 bits per heavy atom. The van der Waals surface area contributed by atoms with Crippen LogP contribution >= 0.6 is 0 Å². The minimum Gasteiger partial charge on any atom is -0.395 e. The van der Waals surface area contributed by atoms with Crippen molar-refractivity contribution in [3.05, 3.63) is 84.8 Å². The molecule has 2 atom stereocenters. The first-order valence-electron chi connectivity index (χ1n) is 43.5. The van der Waals surface area contributed by atoms with E-state index >= 15 is 0 Å². The van der Waals surface area contributed by atoms with E-state index < -0.39 is 105 Å². The van der Waals surface area contributed by atoms with E-state index in [1.54, 1.807) is 195 Å². The molecule has 1 aliphatic carbocycles. The van der Waals surface area contributed by atoms with Crippen molar-refractivity contribution in [2.45, 2.75) is 340 Å². The molecule has 0 radical (unpaired) electrons. The van der Waals surface area contributed by atoms with Crippen LogP contribution in [0.1, 0.15) is 265 Å². The Morgan fingerprint density at radius 1 is 0.425 bits per heavy atom. The Bertz CT molecular complexity index is 4440. The maximum atomic E-state index is 11.7. The summed E-state index contributed by atoms with van der Waals surface area (Å²) >= 11 is 0. The second-order valence-corrected chi connectivity index (χ2v) is 57.9. The quantitative estimate of drug-likeness (QED) is 0.0581. The van der Waals surface area contributed by atoms with Crippen molar-refractivity contribution < 1.29 is 99.2 Å². The predicted octanol–water partition coefficient (Wildman–Crippen LogP) is 11.5.